The van der Waals surface area contributed by atoms with Crippen LogP contribution in [0.25, 0.3) is 0 Å². The van der Waals surface area contributed by atoms with Gasteiger partial charge in [0.15, 0.2) is 0 Å². The van der Waals surface area contributed by atoms with Crippen molar-refractivity contribution in [3.8, 4) is 6.07 Å². The summed E-state index contributed by atoms with van der Waals surface area (Å²) >= 11 is 0. The van der Waals surface area contributed by atoms with Crippen molar-refractivity contribution < 1.29 is 9.50 Å². The van der Waals surface area contributed by atoms with Gasteiger partial charge in [-0.2, -0.15) is 5.26 Å². The van der Waals surface area contributed by atoms with Gasteiger partial charge in [0.25, 0.3) is 0 Å². The molecule has 0 aliphatic rings. The van der Waals surface area contributed by atoms with Gasteiger partial charge in [-0.05, 0) is 11.6 Å². The number of hydrogen-bond acceptors (Lipinski definition) is 2. The van der Waals surface area contributed by atoms with Crippen LogP contribution in [0.1, 0.15) is 18.1 Å². The van der Waals surface area contributed by atoms with E-state index in [1.165, 1.54) is 0 Å². The topological polar surface area (TPSA) is 44.0 Å². The predicted molar refractivity (Wildman–Crippen MR) is 50.8 cm³/mol. The summed E-state index contributed by atoms with van der Waals surface area (Å²) in [4.78, 5) is 0. The third-order valence-electron chi connectivity index (χ3n) is 1.76. The smallest absolute Gasteiger partial charge is 0.130 e. The molecule has 0 aliphatic heterocycles. The molecule has 2 nitrogen and oxygen atoms in total. The van der Waals surface area contributed by atoms with E-state index < -0.39 is 11.9 Å². The van der Waals surface area contributed by atoms with Crippen molar-refractivity contribution in [2.75, 3.05) is 0 Å². The largest absolute Gasteiger partial charge is 0.381 e. The molecule has 0 aliphatic carbocycles. The van der Waals surface area contributed by atoms with Gasteiger partial charge >= 0.3 is 0 Å². The zero-order valence-electron chi connectivity index (χ0n) is 7.52. The Bertz CT molecular complexity index is 353. The zero-order valence-corrected chi connectivity index (χ0v) is 7.52. The van der Waals surface area contributed by atoms with Gasteiger partial charge in [0.2, 0.25) is 0 Å². The van der Waals surface area contributed by atoms with Gasteiger partial charge in [0.05, 0.1) is 12.5 Å². The first-order valence-corrected chi connectivity index (χ1v) is 4.21. The number of benzene rings is 1. The summed E-state index contributed by atoms with van der Waals surface area (Å²) in [5.41, 5.74) is 0.485. The Morgan fingerprint density at radius 3 is 2.71 bits per heavy atom. The number of aliphatic hydroxyl groups is 1. The van der Waals surface area contributed by atoms with E-state index in [1.807, 2.05) is 0 Å². The molecule has 3 heteroatoms. The third kappa shape index (κ3) is 2.68. The Kier molecular flexibility index (Phi) is 3.84. The lowest BCUT2D eigenvalue weighted by Crippen LogP contribution is -1.97. The normalized spacial score (nSPS) is 13.4. The Morgan fingerprint density at radius 1 is 1.50 bits per heavy atom. The summed E-state index contributed by atoms with van der Waals surface area (Å²) in [5.74, 6) is -0.683. The van der Waals surface area contributed by atoms with E-state index in [1.54, 1.807) is 36.4 Å². The number of nitrogens with zero attached hydrogens (tertiary/aromatic N) is 1. The van der Waals surface area contributed by atoms with E-state index in [0.29, 0.717) is 5.56 Å². The van der Waals surface area contributed by atoms with Crippen LogP contribution in [0.2, 0.25) is 0 Å². The second-order valence-corrected chi connectivity index (χ2v) is 2.76. The van der Waals surface area contributed by atoms with E-state index in [4.69, 9.17) is 5.26 Å². The van der Waals surface area contributed by atoms with Gasteiger partial charge in [-0.25, -0.2) is 4.39 Å². The summed E-state index contributed by atoms with van der Waals surface area (Å²) in [6.07, 6.45) is -0.211. The van der Waals surface area contributed by atoms with E-state index in [9.17, 15) is 9.50 Å². The summed E-state index contributed by atoms with van der Waals surface area (Å²) < 4.78 is 13.1. The van der Waals surface area contributed by atoms with Crippen LogP contribution in [0.15, 0.2) is 42.2 Å². The molecule has 1 aromatic carbocycles. The minimum absolute atomic E-state index is 0.0320. The van der Waals surface area contributed by atoms with E-state index in [0.717, 1.165) is 6.08 Å². The van der Waals surface area contributed by atoms with Gasteiger partial charge < -0.3 is 5.11 Å². The number of allylic oxidation sites excluding steroid dienone is 1. The predicted octanol–water partition coefficient (Wildman–Crippen LogP) is 2.49. The van der Waals surface area contributed by atoms with Crippen molar-refractivity contribution in [1.29, 1.82) is 5.26 Å². The monoisotopic (exact) mass is 191 g/mol. The number of halogens is 1. The van der Waals surface area contributed by atoms with Crippen LogP contribution >= 0.6 is 0 Å². The molecule has 0 saturated heterocycles. The van der Waals surface area contributed by atoms with E-state index in [2.05, 4.69) is 0 Å². The molecule has 72 valence electrons. The highest BCUT2D eigenvalue weighted by molar-refractivity contribution is 5.23. The fraction of sp³-hybridized carbons (Fsp3) is 0.182. The quantitative estimate of drug-likeness (QED) is 0.797. The van der Waals surface area contributed by atoms with Gasteiger partial charge in [0, 0.05) is 0 Å². The summed E-state index contributed by atoms with van der Waals surface area (Å²) in [7, 11) is 0. The molecule has 1 aromatic rings. The van der Waals surface area contributed by atoms with Crippen molar-refractivity contribution >= 4 is 0 Å². The molecule has 0 spiro atoms. The second-order valence-electron chi connectivity index (χ2n) is 2.76. The molecule has 0 heterocycles. The molecule has 14 heavy (non-hydrogen) atoms. The lowest BCUT2D eigenvalue weighted by molar-refractivity contribution is 0.185. The molecular formula is C11H10FNO. The zero-order chi connectivity index (χ0) is 10.4. The summed E-state index contributed by atoms with van der Waals surface area (Å²) in [6.45, 7) is 0. The van der Waals surface area contributed by atoms with Gasteiger partial charge in [-0.1, -0.05) is 30.3 Å². The van der Waals surface area contributed by atoms with Crippen molar-refractivity contribution in [3.05, 3.63) is 47.8 Å². The highest BCUT2D eigenvalue weighted by atomic mass is 19.1. The van der Waals surface area contributed by atoms with Crippen molar-refractivity contribution in [2.45, 2.75) is 12.5 Å². The van der Waals surface area contributed by atoms with Gasteiger partial charge in [-0.15, -0.1) is 0 Å². The average Bonchev–Trinajstić information content (AvgIpc) is 2.26. The van der Waals surface area contributed by atoms with Crippen LogP contribution in [0.5, 0.6) is 0 Å². The highest BCUT2D eigenvalue weighted by Crippen LogP contribution is 2.22. The number of hydrogen-bond donors (Lipinski definition) is 1. The first-order valence-electron chi connectivity index (χ1n) is 4.21. The molecule has 1 unspecified atom stereocenters. The van der Waals surface area contributed by atoms with Crippen LogP contribution in [-0.2, 0) is 0 Å². The molecule has 0 radical (unpaired) electrons. The van der Waals surface area contributed by atoms with Crippen LogP contribution < -0.4 is 0 Å². The van der Waals surface area contributed by atoms with Crippen LogP contribution in [0, 0.1) is 11.3 Å². The highest BCUT2D eigenvalue weighted by Gasteiger charge is 2.11. The summed E-state index contributed by atoms with van der Waals surface area (Å²) in [5, 5.41) is 17.7. The molecule has 0 aromatic heterocycles. The second kappa shape index (κ2) is 5.15. The van der Waals surface area contributed by atoms with E-state index in [-0.39, 0.29) is 6.42 Å². The minimum atomic E-state index is -1.26. The molecule has 1 atom stereocenters. The molecule has 0 amide bonds. The number of nitriles is 1. The molecule has 1 rings (SSSR count). The van der Waals surface area contributed by atoms with Gasteiger partial charge in [0.1, 0.15) is 11.9 Å². The Balaban J connectivity index is 2.76. The molecule has 0 bridgehead atoms. The maximum absolute atomic E-state index is 13.1. The maximum atomic E-state index is 13.1. The van der Waals surface area contributed by atoms with Crippen LogP contribution in [0.3, 0.4) is 0 Å². The van der Waals surface area contributed by atoms with Crippen LogP contribution in [-0.4, -0.2) is 5.11 Å². The standard InChI is InChI=1S/C11H10FNO/c12-10(7-4-8-13)11(14)9-5-2-1-3-6-9/h1-3,5-7,11,14H,4H2/b10-7-. The summed E-state index contributed by atoms with van der Waals surface area (Å²) in [6, 6.07) is 10.3. The number of rotatable bonds is 3. The Morgan fingerprint density at radius 2 is 2.14 bits per heavy atom. The van der Waals surface area contributed by atoms with Crippen molar-refractivity contribution in [1.82, 2.24) is 0 Å². The van der Waals surface area contributed by atoms with Crippen LogP contribution in [0.4, 0.5) is 4.39 Å². The lowest BCUT2D eigenvalue weighted by atomic mass is 10.1. The van der Waals surface area contributed by atoms with Gasteiger partial charge in [-0.3, -0.25) is 0 Å². The molecule has 0 fully saturated rings. The Hall–Kier alpha value is -1.66. The maximum Gasteiger partial charge on any atom is 0.130 e. The molecule has 1 N–H and O–H groups in total. The molecule has 0 saturated carbocycles. The van der Waals surface area contributed by atoms with E-state index >= 15 is 0 Å². The first-order chi connectivity index (χ1) is 6.75. The SMILES string of the molecule is N#CC/C=C(\F)C(O)c1ccccc1. The fourth-order valence-electron chi connectivity index (χ4n) is 1.05. The number of aliphatic hydroxyl groups excluding tert-OH is 1. The fourth-order valence-corrected chi connectivity index (χ4v) is 1.05. The van der Waals surface area contributed by atoms with Crippen molar-refractivity contribution in [2.24, 2.45) is 0 Å². The Labute approximate surface area is 81.9 Å². The lowest BCUT2D eigenvalue weighted by Gasteiger charge is -2.07. The average molecular weight is 191 g/mol. The third-order valence-corrected chi connectivity index (χ3v) is 1.76. The first kappa shape index (κ1) is 10.4. The van der Waals surface area contributed by atoms with Crippen molar-refractivity contribution in [3.63, 3.8) is 0 Å². The molecular weight excluding hydrogens is 181 g/mol. The minimum Gasteiger partial charge on any atom is -0.381 e.